The van der Waals surface area contributed by atoms with Crippen molar-refractivity contribution in [1.82, 2.24) is 4.90 Å². The Morgan fingerprint density at radius 2 is 1.88 bits per heavy atom. The van der Waals surface area contributed by atoms with Gasteiger partial charge in [-0.1, -0.05) is 37.3 Å². The van der Waals surface area contributed by atoms with Crippen LogP contribution in [0.4, 0.5) is 5.69 Å². The number of aliphatic hydroxyl groups excluding tert-OH is 1. The molecular weight excluding hydrogens is 536 g/mol. The zero-order chi connectivity index (χ0) is 29.7. The molecule has 2 bridgehead atoms. The van der Waals surface area contributed by atoms with Crippen molar-refractivity contribution in [2.75, 3.05) is 31.2 Å². The third kappa shape index (κ3) is 5.74. The quantitative estimate of drug-likeness (QED) is 0.173. The van der Waals surface area contributed by atoms with E-state index in [1.54, 1.807) is 27.6 Å². The molecule has 0 radical (unpaired) electrons. The summed E-state index contributed by atoms with van der Waals surface area (Å²) in [4.78, 5) is 46.2. The minimum absolute atomic E-state index is 0.0421. The van der Waals surface area contributed by atoms with Crippen molar-refractivity contribution in [1.29, 1.82) is 0 Å². The molecule has 7 nitrogen and oxygen atoms in total. The lowest BCUT2D eigenvalue weighted by Gasteiger charge is -2.41. The Bertz CT molecular complexity index is 1130. The third-order valence-electron chi connectivity index (χ3n) is 9.14. The van der Waals surface area contributed by atoms with Crippen LogP contribution in [0.2, 0.25) is 0 Å². The van der Waals surface area contributed by atoms with Crippen molar-refractivity contribution < 1.29 is 24.2 Å². The van der Waals surface area contributed by atoms with Gasteiger partial charge in [-0.05, 0) is 75.8 Å². The topological polar surface area (TPSA) is 87.2 Å². The monoisotopic (exact) mass is 582 g/mol. The predicted octanol–water partition coefficient (Wildman–Crippen LogP) is 5.22. The zero-order valence-corrected chi connectivity index (χ0v) is 25.7. The number of ether oxygens (including phenoxy) is 1. The number of aryl methyl sites for hydroxylation is 2. The Balaban J connectivity index is 1.71. The van der Waals surface area contributed by atoms with Crippen LogP contribution in [0.15, 0.2) is 43.5 Å². The molecule has 0 aromatic heterocycles. The number of benzene rings is 1. The zero-order valence-electron chi connectivity index (χ0n) is 24.8. The van der Waals surface area contributed by atoms with Gasteiger partial charge in [0.15, 0.2) is 0 Å². The lowest BCUT2D eigenvalue weighted by Crippen LogP contribution is -2.57. The molecule has 224 valence electrons. The first-order chi connectivity index (χ1) is 19.7. The largest absolute Gasteiger partial charge is 0.465 e. The first kappa shape index (κ1) is 31.4. The number of allylic oxidation sites excluding steroid dienone is 1. The Morgan fingerprint density at radius 1 is 1.15 bits per heavy atom. The average molecular weight is 583 g/mol. The van der Waals surface area contributed by atoms with Gasteiger partial charge in [-0.15, -0.1) is 24.9 Å². The number of nitrogens with zero attached hydrogens (tertiary/aromatic N) is 2. The molecule has 8 heteroatoms. The smallest absolute Gasteiger partial charge is 0.310 e. The van der Waals surface area contributed by atoms with Gasteiger partial charge in [-0.2, -0.15) is 0 Å². The molecule has 1 aromatic rings. The standard InChI is InChI=1S/C33H46N2O5S/c1-6-8-9-13-20-40-32(39)26-25-21-24(5)33(41-25)27(26)30(37)35(18-11-10-12-19-36)29(33)31(38)34(17-7-2)28-22(3)15-14-16-23(28)4/h6-7,14-16,24-27,29,36H,1-2,8-13,17-21H2,3-5H3/t24?,25-,26+,27-,29?,33?/m0/s1. The molecule has 4 rings (SSSR count). The molecule has 1 aromatic carbocycles. The Labute approximate surface area is 249 Å². The van der Waals surface area contributed by atoms with Gasteiger partial charge in [-0.3, -0.25) is 14.4 Å². The van der Waals surface area contributed by atoms with E-state index in [1.165, 1.54) is 0 Å². The third-order valence-corrected chi connectivity index (χ3v) is 11.2. The van der Waals surface area contributed by atoms with Crippen LogP contribution in [0.5, 0.6) is 0 Å². The normalized spacial score (nSPS) is 28.0. The molecule has 2 amide bonds. The fourth-order valence-corrected chi connectivity index (χ4v) is 9.74. The second-order valence-corrected chi connectivity index (χ2v) is 13.3. The molecular formula is C33H46N2O5S. The number of rotatable bonds is 15. The highest BCUT2D eigenvalue weighted by atomic mass is 32.2. The lowest BCUT2D eigenvalue weighted by atomic mass is 9.66. The van der Waals surface area contributed by atoms with Gasteiger partial charge in [0.2, 0.25) is 5.91 Å². The average Bonchev–Trinajstić information content (AvgIpc) is 3.53. The predicted molar refractivity (Wildman–Crippen MR) is 165 cm³/mol. The highest BCUT2D eigenvalue weighted by molar-refractivity contribution is 8.02. The minimum atomic E-state index is -0.696. The fraction of sp³-hybridized carbons (Fsp3) is 0.606. The minimum Gasteiger partial charge on any atom is -0.465 e. The van der Waals surface area contributed by atoms with Gasteiger partial charge < -0.3 is 19.6 Å². The van der Waals surface area contributed by atoms with Crippen LogP contribution < -0.4 is 4.90 Å². The van der Waals surface area contributed by atoms with Gasteiger partial charge in [0.05, 0.1) is 23.2 Å². The number of carbonyl (C=O) groups is 3. The summed E-state index contributed by atoms with van der Waals surface area (Å²) in [5.74, 6) is -1.57. The number of unbranched alkanes of at least 4 members (excludes halogenated alkanes) is 4. The Hall–Kier alpha value is -2.58. The molecule has 1 N–H and O–H groups in total. The summed E-state index contributed by atoms with van der Waals surface area (Å²) >= 11 is 1.68. The molecule has 3 unspecified atom stereocenters. The van der Waals surface area contributed by atoms with E-state index in [0.29, 0.717) is 32.5 Å². The molecule has 6 atom stereocenters. The highest BCUT2D eigenvalue weighted by Gasteiger charge is 2.76. The van der Waals surface area contributed by atoms with Gasteiger partial charge in [0.1, 0.15) is 6.04 Å². The second-order valence-electron chi connectivity index (χ2n) is 11.8. The SMILES string of the molecule is C=CCCCCOC(=O)[C@@H]1[C@@H]2CC(C)C3(S2)C(C(=O)N(CC=C)c2c(C)cccc2C)N(CCCCCO)C(=O)[C@H]13. The number of anilines is 1. The summed E-state index contributed by atoms with van der Waals surface area (Å²) in [6, 6.07) is 5.29. The number of para-hydroxylation sites is 1. The maximum absolute atomic E-state index is 14.8. The molecule has 1 spiro atoms. The van der Waals surface area contributed by atoms with Crippen LogP contribution >= 0.6 is 11.8 Å². The Morgan fingerprint density at radius 3 is 2.54 bits per heavy atom. The van der Waals surface area contributed by atoms with Crippen LogP contribution in [0.25, 0.3) is 0 Å². The summed E-state index contributed by atoms with van der Waals surface area (Å²) in [7, 11) is 0. The van der Waals surface area contributed by atoms with E-state index >= 15 is 0 Å². The molecule has 41 heavy (non-hydrogen) atoms. The second kappa shape index (κ2) is 13.6. The highest BCUT2D eigenvalue weighted by Crippen LogP contribution is 2.69. The first-order valence-corrected chi connectivity index (χ1v) is 16.0. The van der Waals surface area contributed by atoms with E-state index in [4.69, 9.17) is 4.74 Å². The van der Waals surface area contributed by atoms with Gasteiger partial charge in [-0.25, -0.2) is 0 Å². The number of fused-ring (bicyclic) bond motifs is 1. The van der Waals surface area contributed by atoms with Crippen LogP contribution in [0.1, 0.15) is 63.0 Å². The summed E-state index contributed by atoms with van der Waals surface area (Å²) in [5, 5.41) is 9.27. The molecule has 3 aliphatic rings. The van der Waals surface area contributed by atoms with E-state index in [2.05, 4.69) is 20.1 Å². The van der Waals surface area contributed by atoms with Crippen molar-refractivity contribution in [2.24, 2.45) is 17.8 Å². The molecule has 3 heterocycles. The maximum Gasteiger partial charge on any atom is 0.310 e. The number of esters is 1. The first-order valence-electron chi connectivity index (χ1n) is 15.1. The van der Waals surface area contributed by atoms with E-state index in [-0.39, 0.29) is 35.6 Å². The number of likely N-dealkylation sites (tertiary alicyclic amines) is 1. The van der Waals surface area contributed by atoms with Crippen molar-refractivity contribution in [3.8, 4) is 0 Å². The summed E-state index contributed by atoms with van der Waals surface area (Å²) in [5.41, 5.74) is 2.83. The number of thioether (sulfide) groups is 1. The lowest BCUT2D eigenvalue weighted by molar-refractivity contribution is -0.154. The van der Waals surface area contributed by atoms with Crippen LogP contribution in [0.3, 0.4) is 0 Å². The van der Waals surface area contributed by atoms with E-state index in [1.807, 2.05) is 38.1 Å². The molecule has 3 fully saturated rings. The van der Waals surface area contributed by atoms with Crippen molar-refractivity contribution >= 4 is 35.2 Å². The van der Waals surface area contributed by atoms with E-state index in [9.17, 15) is 19.5 Å². The number of carbonyl (C=O) groups excluding carboxylic acids is 3. The molecule has 0 aliphatic carbocycles. The van der Waals surface area contributed by atoms with E-state index in [0.717, 1.165) is 48.9 Å². The van der Waals surface area contributed by atoms with Crippen LogP contribution in [-0.4, -0.2) is 70.1 Å². The summed E-state index contributed by atoms with van der Waals surface area (Å²) < 4.78 is 5.05. The number of hydrogen-bond acceptors (Lipinski definition) is 6. The van der Waals surface area contributed by atoms with E-state index < -0.39 is 22.6 Å². The van der Waals surface area contributed by atoms with Crippen LogP contribution in [-0.2, 0) is 19.1 Å². The van der Waals surface area contributed by atoms with Crippen molar-refractivity contribution in [2.45, 2.75) is 81.8 Å². The molecule has 3 saturated heterocycles. The molecule has 0 saturated carbocycles. The van der Waals surface area contributed by atoms with Gasteiger partial charge in [0.25, 0.3) is 5.91 Å². The maximum atomic E-state index is 14.8. The summed E-state index contributed by atoms with van der Waals surface area (Å²) in [6.45, 7) is 15.0. The Kier molecular flexibility index (Phi) is 10.4. The molecule has 3 aliphatic heterocycles. The summed E-state index contributed by atoms with van der Waals surface area (Å²) in [6.07, 6.45) is 8.99. The fourth-order valence-electron chi connectivity index (χ4n) is 7.34. The number of aliphatic hydroxyl groups is 1. The number of hydrogen-bond donors (Lipinski definition) is 1. The van der Waals surface area contributed by atoms with Gasteiger partial charge in [0, 0.05) is 30.6 Å². The van der Waals surface area contributed by atoms with Crippen molar-refractivity contribution in [3.05, 3.63) is 54.6 Å². The van der Waals surface area contributed by atoms with Crippen molar-refractivity contribution in [3.63, 3.8) is 0 Å². The number of amides is 2. The van der Waals surface area contributed by atoms with Crippen LogP contribution in [0, 0.1) is 31.6 Å². The van der Waals surface area contributed by atoms with Gasteiger partial charge >= 0.3 is 5.97 Å².